The summed E-state index contributed by atoms with van der Waals surface area (Å²) >= 11 is 0. The molecule has 0 aliphatic carbocycles. The number of piperidine rings is 1. The average Bonchev–Trinajstić information content (AvgIpc) is 2.90. The van der Waals surface area contributed by atoms with Crippen molar-refractivity contribution in [1.82, 2.24) is 23.9 Å². The Labute approximate surface area is 136 Å². The SMILES string of the molecule is CC(C)c1ncc2cnc(NC3CCN(S(C)(=O)=O)CC3)nn12. The number of rotatable bonds is 4. The predicted octanol–water partition coefficient (Wildman–Crippen LogP) is 1.08. The predicted molar refractivity (Wildman–Crippen MR) is 87.9 cm³/mol. The van der Waals surface area contributed by atoms with Crippen molar-refractivity contribution in [3.8, 4) is 0 Å². The van der Waals surface area contributed by atoms with Gasteiger partial charge >= 0.3 is 0 Å². The van der Waals surface area contributed by atoms with Gasteiger partial charge in [0.15, 0.2) is 0 Å². The minimum Gasteiger partial charge on any atom is -0.350 e. The van der Waals surface area contributed by atoms with Crippen molar-refractivity contribution < 1.29 is 8.42 Å². The fourth-order valence-corrected chi connectivity index (χ4v) is 3.67. The molecule has 1 fully saturated rings. The first kappa shape index (κ1) is 16.1. The first-order valence-electron chi connectivity index (χ1n) is 7.77. The highest BCUT2D eigenvalue weighted by Crippen LogP contribution is 2.18. The summed E-state index contributed by atoms with van der Waals surface area (Å²) in [6.07, 6.45) is 6.26. The molecule has 1 saturated heterocycles. The minimum absolute atomic E-state index is 0.177. The van der Waals surface area contributed by atoms with Crippen molar-refractivity contribution in [3.05, 3.63) is 18.2 Å². The maximum Gasteiger partial charge on any atom is 0.241 e. The molecule has 126 valence electrons. The van der Waals surface area contributed by atoms with Gasteiger partial charge in [0, 0.05) is 25.0 Å². The minimum atomic E-state index is -3.10. The van der Waals surface area contributed by atoms with E-state index in [0.29, 0.717) is 19.0 Å². The summed E-state index contributed by atoms with van der Waals surface area (Å²) < 4.78 is 26.4. The van der Waals surface area contributed by atoms with Gasteiger partial charge in [-0.1, -0.05) is 13.8 Å². The van der Waals surface area contributed by atoms with Gasteiger partial charge in [-0.25, -0.2) is 27.2 Å². The Morgan fingerprint density at radius 3 is 2.48 bits per heavy atom. The molecule has 2 aromatic heterocycles. The number of nitrogens with one attached hydrogen (secondary N) is 1. The van der Waals surface area contributed by atoms with E-state index in [1.165, 1.54) is 10.6 Å². The van der Waals surface area contributed by atoms with Crippen molar-refractivity contribution in [3.63, 3.8) is 0 Å². The molecule has 1 aliphatic rings. The van der Waals surface area contributed by atoms with Crippen LogP contribution in [0, 0.1) is 0 Å². The van der Waals surface area contributed by atoms with Gasteiger partial charge in [0.25, 0.3) is 0 Å². The van der Waals surface area contributed by atoms with E-state index in [-0.39, 0.29) is 12.0 Å². The summed E-state index contributed by atoms with van der Waals surface area (Å²) in [5.41, 5.74) is 0.867. The fourth-order valence-electron chi connectivity index (χ4n) is 2.79. The van der Waals surface area contributed by atoms with Crippen molar-refractivity contribution >= 4 is 21.5 Å². The summed E-state index contributed by atoms with van der Waals surface area (Å²) in [6.45, 7) is 5.21. The normalized spacial score (nSPS) is 17.9. The molecule has 0 spiro atoms. The monoisotopic (exact) mass is 338 g/mol. The lowest BCUT2D eigenvalue weighted by atomic mass is 10.1. The van der Waals surface area contributed by atoms with Crippen LogP contribution in [-0.4, -0.2) is 57.7 Å². The quantitative estimate of drug-likeness (QED) is 0.897. The first-order chi connectivity index (χ1) is 10.8. The van der Waals surface area contributed by atoms with Crippen LogP contribution in [0.1, 0.15) is 38.4 Å². The van der Waals surface area contributed by atoms with E-state index in [2.05, 4.69) is 34.2 Å². The van der Waals surface area contributed by atoms with E-state index in [0.717, 1.165) is 24.2 Å². The van der Waals surface area contributed by atoms with Gasteiger partial charge in [-0.3, -0.25) is 0 Å². The van der Waals surface area contributed by atoms with Gasteiger partial charge in [0.05, 0.1) is 18.6 Å². The Morgan fingerprint density at radius 1 is 1.22 bits per heavy atom. The molecule has 8 nitrogen and oxygen atoms in total. The molecule has 9 heteroatoms. The topological polar surface area (TPSA) is 92.5 Å². The highest BCUT2D eigenvalue weighted by molar-refractivity contribution is 7.88. The molecular formula is C14H22N6O2S. The summed E-state index contributed by atoms with van der Waals surface area (Å²) in [4.78, 5) is 8.71. The zero-order valence-corrected chi connectivity index (χ0v) is 14.4. The molecule has 23 heavy (non-hydrogen) atoms. The van der Waals surface area contributed by atoms with Crippen LogP contribution in [0.4, 0.5) is 5.95 Å². The fraction of sp³-hybridized carbons (Fsp3) is 0.643. The molecule has 0 radical (unpaired) electrons. The number of imidazole rings is 1. The second kappa shape index (κ2) is 6.04. The number of aromatic nitrogens is 4. The third-order valence-corrected chi connectivity index (χ3v) is 5.38. The van der Waals surface area contributed by atoms with Gasteiger partial charge in [0.1, 0.15) is 11.3 Å². The standard InChI is InChI=1S/C14H22N6O2S/c1-10(2)13-15-8-12-9-16-14(18-20(12)13)17-11-4-6-19(7-5-11)23(3,21)22/h8-11H,4-7H2,1-3H3,(H,17,18). The van der Waals surface area contributed by atoms with Crippen LogP contribution in [0.5, 0.6) is 0 Å². The third kappa shape index (κ3) is 3.45. The molecule has 3 heterocycles. The van der Waals surface area contributed by atoms with Crippen molar-refractivity contribution in [2.45, 2.75) is 38.6 Å². The number of hydrogen-bond acceptors (Lipinski definition) is 6. The second-order valence-electron chi connectivity index (χ2n) is 6.27. The van der Waals surface area contributed by atoms with Crippen LogP contribution in [0.3, 0.4) is 0 Å². The zero-order valence-electron chi connectivity index (χ0n) is 13.6. The molecule has 0 amide bonds. The third-order valence-electron chi connectivity index (χ3n) is 4.08. The van der Waals surface area contributed by atoms with Crippen molar-refractivity contribution in [2.24, 2.45) is 0 Å². The number of fused-ring (bicyclic) bond motifs is 1. The maximum atomic E-state index is 11.5. The Balaban J connectivity index is 1.71. The highest BCUT2D eigenvalue weighted by Gasteiger charge is 2.25. The number of sulfonamides is 1. The van der Waals surface area contributed by atoms with Gasteiger partial charge in [-0.05, 0) is 12.8 Å². The Bertz CT molecular complexity index is 793. The van der Waals surface area contributed by atoms with Gasteiger partial charge in [0.2, 0.25) is 16.0 Å². The lowest BCUT2D eigenvalue weighted by molar-refractivity contribution is 0.331. The van der Waals surface area contributed by atoms with Crippen LogP contribution >= 0.6 is 0 Å². The molecule has 0 unspecified atom stereocenters. The average molecular weight is 338 g/mol. The van der Waals surface area contributed by atoms with Gasteiger partial charge in [-0.2, -0.15) is 0 Å². The van der Waals surface area contributed by atoms with Crippen molar-refractivity contribution in [2.75, 3.05) is 24.7 Å². The molecule has 1 aliphatic heterocycles. The van der Waals surface area contributed by atoms with Crippen LogP contribution in [0.15, 0.2) is 12.4 Å². The Hall–Kier alpha value is -1.74. The van der Waals surface area contributed by atoms with Crippen LogP contribution in [0.25, 0.3) is 5.52 Å². The summed E-state index contributed by atoms with van der Waals surface area (Å²) in [6, 6.07) is 0.177. The molecule has 0 aromatic carbocycles. The smallest absolute Gasteiger partial charge is 0.241 e. The maximum absolute atomic E-state index is 11.5. The van der Waals surface area contributed by atoms with E-state index in [9.17, 15) is 8.42 Å². The number of hydrogen-bond donors (Lipinski definition) is 1. The molecule has 2 aromatic rings. The summed E-state index contributed by atoms with van der Waals surface area (Å²) in [7, 11) is -3.10. The largest absolute Gasteiger partial charge is 0.350 e. The molecule has 0 saturated carbocycles. The van der Waals surface area contributed by atoms with Crippen LogP contribution in [-0.2, 0) is 10.0 Å². The van der Waals surface area contributed by atoms with Crippen LogP contribution in [0.2, 0.25) is 0 Å². The molecular weight excluding hydrogens is 316 g/mol. The molecule has 0 bridgehead atoms. The second-order valence-corrected chi connectivity index (χ2v) is 8.25. The van der Waals surface area contributed by atoms with Crippen LogP contribution < -0.4 is 5.32 Å². The number of anilines is 1. The van der Waals surface area contributed by atoms with E-state index < -0.39 is 10.0 Å². The lowest BCUT2D eigenvalue weighted by Crippen LogP contribution is -2.42. The van der Waals surface area contributed by atoms with E-state index >= 15 is 0 Å². The Morgan fingerprint density at radius 2 is 1.87 bits per heavy atom. The number of nitrogens with zero attached hydrogens (tertiary/aromatic N) is 5. The van der Waals surface area contributed by atoms with Crippen molar-refractivity contribution in [1.29, 1.82) is 0 Å². The van der Waals surface area contributed by atoms with Gasteiger partial charge < -0.3 is 5.32 Å². The summed E-state index contributed by atoms with van der Waals surface area (Å²) in [5, 5.41) is 7.83. The molecule has 0 atom stereocenters. The lowest BCUT2D eigenvalue weighted by Gasteiger charge is -2.30. The van der Waals surface area contributed by atoms with E-state index in [1.807, 2.05) is 4.52 Å². The first-order valence-corrected chi connectivity index (χ1v) is 9.62. The molecule has 1 N–H and O–H groups in total. The van der Waals surface area contributed by atoms with Gasteiger partial charge in [-0.15, -0.1) is 5.10 Å². The summed E-state index contributed by atoms with van der Waals surface area (Å²) in [5.74, 6) is 1.73. The highest BCUT2D eigenvalue weighted by atomic mass is 32.2. The Kier molecular flexibility index (Phi) is 4.24. The zero-order chi connectivity index (χ0) is 16.6. The van der Waals surface area contributed by atoms with E-state index in [4.69, 9.17) is 0 Å². The van der Waals surface area contributed by atoms with E-state index in [1.54, 1.807) is 12.4 Å². The molecule has 3 rings (SSSR count).